The van der Waals surface area contributed by atoms with Gasteiger partial charge in [-0.05, 0) is 70.9 Å². The molecule has 0 fully saturated rings. The van der Waals surface area contributed by atoms with Crippen molar-refractivity contribution in [2.75, 3.05) is 0 Å². The molecular formula is C31H31NO. The molecule has 0 atom stereocenters. The van der Waals surface area contributed by atoms with Gasteiger partial charge in [-0.1, -0.05) is 71.0 Å². The largest absolute Gasteiger partial charge is 0.456 e. The Balaban J connectivity index is 1.62. The lowest BCUT2D eigenvalue weighted by Gasteiger charge is -2.26. The molecule has 2 aromatic heterocycles. The third-order valence-corrected chi connectivity index (χ3v) is 6.26. The zero-order chi connectivity index (χ0) is 25.0. The minimum absolute atomic E-state index is 0.148. The Kier molecular flexibility index (Phi) is 4.56. The highest BCUT2D eigenvalue weighted by atomic mass is 16.3. The molecule has 0 aliphatic carbocycles. The third-order valence-electron chi connectivity index (χ3n) is 6.26. The quantitative estimate of drug-likeness (QED) is 0.282. The minimum Gasteiger partial charge on any atom is -0.456 e. The average molecular weight is 436 g/mol. The van der Waals surface area contributed by atoms with E-state index in [9.17, 15) is 0 Å². The van der Waals surface area contributed by atoms with E-state index >= 15 is 0 Å². The van der Waals surface area contributed by atoms with Crippen molar-refractivity contribution in [1.82, 2.24) is 4.98 Å². The average Bonchev–Trinajstić information content (AvgIpc) is 3.21. The van der Waals surface area contributed by atoms with Crippen molar-refractivity contribution >= 4 is 21.9 Å². The van der Waals surface area contributed by atoms with E-state index in [1.54, 1.807) is 12.3 Å². The topological polar surface area (TPSA) is 26.0 Å². The molecule has 5 aromatic rings. The van der Waals surface area contributed by atoms with Gasteiger partial charge in [0.05, 0.1) is 5.69 Å². The summed E-state index contributed by atoms with van der Waals surface area (Å²) < 4.78 is 23.5. The molecule has 0 unspecified atom stereocenters. The molecule has 33 heavy (non-hydrogen) atoms. The summed E-state index contributed by atoms with van der Waals surface area (Å²) in [6.45, 7) is 10.3. The number of hydrogen-bond acceptors (Lipinski definition) is 2. The summed E-state index contributed by atoms with van der Waals surface area (Å²) in [7, 11) is 0. The zero-order valence-electron chi connectivity index (χ0n) is 21.9. The number of hydrogen-bond donors (Lipinski definition) is 0. The fourth-order valence-electron chi connectivity index (χ4n) is 4.45. The van der Waals surface area contributed by atoms with Gasteiger partial charge in [0.15, 0.2) is 0 Å². The van der Waals surface area contributed by atoms with E-state index in [1.807, 2.05) is 45.0 Å². The molecule has 0 radical (unpaired) electrons. The molecular weight excluding hydrogens is 402 g/mol. The lowest BCUT2D eigenvalue weighted by Crippen LogP contribution is -2.18. The van der Waals surface area contributed by atoms with E-state index in [0.29, 0.717) is 5.56 Å². The lowest BCUT2D eigenvalue weighted by molar-refractivity contribution is 0.411. The van der Waals surface area contributed by atoms with Crippen molar-refractivity contribution in [1.29, 1.82) is 0 Å². The maximum Gasteiger partial charge on any atom is 0.135 e. The van der Waals surface area contributed by atoms with Gasteiger partial charge in [0.1, 0.15) is 11.2 Å². The van der Waals surface area contributed by atoms with E-state index in [0.717, 1.165) is 33.2 Å². The molecule has 0 aliphatic rings. The Morgan fingerprint density at radius 2 is 1.45 bits per heavy atom. The van der Waals surface area contributed by atoms with E-state index in [1.165, 1.54) is 11.1 Å². The molecule has 5 rings (SSSR count). The Hall–Kier alpha value is -3.39. The molecule has 166 valence electrons. The Labute approximate surface area is 199 Å². The first-order valence-corrected chi connectivity index (χ1v) is 11.5. The first-order chi connectivity index (χ1) is 16.5. The van der Waals surface area contributed by atoms with Crippen LogP contribution in [0.2, 0.25) is 0 Å². The molecule has 3 aromatic carbocycles. The van der Waals surface area contributed by atoms with Gasteiger partial charge < -0.3 is 4.42 Å². The van der Waals surface area contributed by atoms with Gasteiger partial charge in [0.25, 0.3) is 0 Å². The highest BCUT2D eigenvalue weighted by Crippen LogP contribution is 2.37. The fourth-order valence-corrected chi connectivity index (χ4v) is 4.45. The van der Waals surface area contributed by atoms with E-state index in [-0.39, 0.29) is 5.41 Å². The second-order valence-corrected chi connectivity index (χ2v) is 10.3. The molecule has 0 aliphatic heterocycles. The molecule has 2 heterocycles. The molecule has 0 bridgehead atoms. The van der Waals surface area contributed by atoms with E-state index < -0.39 is 11.8 Å². The SMILES string of the molecule is [2H]C([2H])(c1ccnc(-c2ccc3oc4ccc(C(C)(C)c5ccccc5)cc4c3c2)c1)C(C)(C)C. The van der Waals surface area contributed by atoms with Gasteiger partial charge in [-0.2, -0.15) is 0 Å². The van der Waals surface area contributed by atoms with Crippen molar-refractivity contribution < 1.29 is 7.16 Å². The van der Waals surface area contributed by atoms with Crippen LogP contribution in [-0.4, -0.2) is 4.98 Å². The minimum atomic E-state index is -1.48. The first kappa shape index (κ1) is 19.1. The normalized spacial score (nSPS) is 13.8. The number of nitrogens with zero attached hydrogens (tertiary/aromatic N) is 1. The number of rotatable bonds is 4. The Morgan fingerprint density at radius 1 is 0.758 bits per heavy atom. The summed E-state index contributed by atoms with van der Waals surface area (Å²) in [5.74, 6) is 0. The van der Waals surface area contributed by atoms with Gasteiger partial charge in [0, 0.05) is 30.7 Å². The van der Waals surface area contributed by atoms with Crippen LogP contribution in [0.25, 0.3) is 33.2 Å². The number of benzene rings is 3. The number of pyridine rings is 1. The van der Waals surface area contributed by atoms with Crippen LogP contribution in [0.4, 0.5) is 0 Å². The van der Waals surface area contributed by atoms with Crippen molar-refractivity contribution in [3.05, 3.63) is 102 Å². The Morgan fingerprint density at radius 3 is 2.18 bits per heavy atom. The van der Waals surface area contributed by atoms with Crippen molar-refractivity contribution in [3.8, 4) is 11.3 Å². The van der Waals surface area contributed by atoms with E-state index in [2.05, 4.69) is 67.4 Å². The molecule has 0 N–H and O–H groups in total. The molecule has 0 saturated heterocycles. The van der Waals surface area contributed by atoms with Crippen LogP contribution in [-0.2, 0) is 11.8 Å². The van der Waals surface area contributed by atoms with Crippen molar-refractivity contribution in [2.24, 2.45) is 5.41 Å². The number of fused-ring (bicyclic) bond motifs is 3. The molecule has 2 nitrogen and oxygen atoms in total. The summed E-state index contributed by atoms with van der Waals surface area (Å²) >= 11 is 0. The second kappa shape index (κ2) is 7.88. The molecule has 0 spiro atoms. The third kappa shape index (κ3) is 4.18. The molecule has 2 heteroatoms. The molecule has 0 saturated carbocycles. The van der Waals surface area contributed by atoms with Crippen molar-refractivity contribution in [3.63, 3.8) is 0 Å². The van der Waals surface area contributed by atoms with Crippen LogP contribution in [0.15, 0.2) is 89.5 Å². The van der Waals surface area contributed by atoms with Gasteiger partial charge in [-0.3, -0.25) is 4.98 Å². The fraction of sp³-hybridized carbons (Fsp3) is 0.258. The number of furan rings is 1. The summed E-state index contributed by atoms with van der Waals surface area (Å²) in [6, 6.07) is 26.7. The van der Waals surface area contributed by atoms with Gasteiger partial charge in [-0.25, -0.2) is 0 Å². The summed E-state index contributed by atoms with van der Waals surface area (Å²) in [4.78, 5) is 4.58. The van der Waals surface area contributed by atoms with E-state index in [4.69, 9.17) is 7.16 Å². The second-order valence-electron chi connectivity index (χ2n) is 10.3. The van der Waals surface area contributed by atoms with Gasteiger partial charge >= 0.3 is 0 Å². The van der Waals surface area contributed by atoms with Gasteiger partial charge in [-0.15, -0.1) is 0 Å². The van der Waals surface area contributed by atoms with Crippen LogP contribution in [0.3, 0.4) is 0 Å². The summed E-state index contributed by atoms with van der Waals surface area (Å²) in [5, 5.41) is 2.11. The predicted octanol–water partition coefficient (Wildman–Crippen LogP) is 8.56. The summed E-state index contributed by atoms with van der Waals surface area (Å²) in [5.41, 5.74) is 5.84. The highest BCUT2D eigenvalue weighted by molar-refractivity contribution is 6.06. The first-order valence-electron chi connectivity index (χ1n) is 12.5. The van der Waals surface area contributed by atoms with Crippen LogP contribution >= 0.6 is 0 Å². The summed E-state index contributed by atoms with van der Waals surface area (Å²) in [6.07, 6.45) is 0.224. The molecule has 0 amide bonds. The standard InChI is InChI=1S/C31H31NO/c1-30(2,3)20-21-15-16-32-27(17-21)22-11-13-28-25(18-22)26-19-24(12-14-29(26)33-28)31(4,5)23-9-7-6-8-10-23/h6-19H,20H2,1-5H3/i20D2. The van der Waals surface area contributed by atoms with Crippen LogP contribution in [0.5, 0.6) is 0 Å². The lowest BCUT2D eigenvalue weighted by atomic mass is 9.78. The monoisotopic (exact) mass is 435 g/mol. The van der Waals surface area contributed by atoms with Crippen LogP contribution in [0.1, 0.15) is 54.1 Å². The Bertz CT molecular complexity index is 1520. The number of aromatic nitrogens is 1. The van der Waals surface area contributed by atoms with Crippen LogP contribution in [0, 0.1) is 5.41 Å². The van der Waals surface area contributed by atoms with Gasteiger partial charge in [0.2, 0.25) is 0 Å². The maximum atomic E-state index is 8.67. The van der Waals surface area contributed by atoms with Crippen molar-refractivity contribution in [2.45, 2.75) is 46.4 Å². The zero-order valence-corrected chi connectivity index (χ0v) is 19.9. The van der Waals surface area contributed by atoms with Crippen LogP contribution < -0.4 is 0 Å². The highest BCUT2D eigenvalue weighted by Gasteiger charge is 2.24. The maximum absolute atomic E-state index is 8.67. The smallest absolute Gasteiger partial charge is 0.135 e. The predicted molar refractivity (Wildman–Crippen MR) is 139 cm³/mol.